The molecule has 0 unspecified atom stereocenters. The van der Waals surface area contributed by atoms with Crippen LogP contribution in [0.1, 0.15) is 19.4 Å². The third kappa shape index (κ3) is 3.64. The first-order valence-electron chi connectivity index (χ1n) is 7.34. The summed E-state index contributed by atoms with van der Waals surface area (Å²) in [6.45, 7) is 3.75. The molecule has 25 heavy (non-hydrogen) atoms. The van der Waals surface area contributed by atoms with Crippen LogP contribution in [0.25, 0.3) is 6.08 Å². The lowest BCUT2D eigenvalue weighted by Gasteiger charge is -2.27. The standard InChI is InChI=1S/C15H16F3NO5S/c1-3-19(4-2)25(22,23)10-5-6-12-9(7-10)8-11(14(20)21)13(24-12)15(16,17)18/h5-8,13H,3-4H2,1-2H3,(H,20,21)/t13-/m0/s1. The lowest BCUT2D eigenvalue weighted by Crippen LogP contribution is -2.40. The maximum Gasteiger partial charge on any atom is 0.430 e. The quantitative estimate of drug-likeness (QED) is 0.850. The normalized spacial score (nSPS) is 17.7. The van der Waals surface area contributed by atoms with Gasteiger partial charge in [0.15, 0.2) is 0 Å². The monoisotopic (exact) mass is 379 g/mol. The highest BCUT2D eigenvalue weighted by molar-refractivity contribution is 7.89. The number of hydrogen-bond donors (Lipinski definition) is 1. The summed E-state index contributed by atoms with van der Waals surface area (Å²) < 4.78 is 69.9. The van der Waals surface area contributed by atoms with Crippen LogP contribution in [0.15, 0.2) is 28.7 Å². The molecule has 0 amide bonds. The van der Waals surface area contributed by atoms with Gasteiger partial charge in [0.05, 0.1) is 10.5 Å². The number of benzene rings is 1. The first-order valence-corrected chi connectivity index (χ1v) is 8.78. The van der Waals surface area contributed by atoms with E-state index >= 15 is 0 Å². The average molecular weight is 379 g/mol. The molecule has 0 radical (unpaired) electrons. The molecule has 0 aromatic heterocycles. The zero-order valence-electron chi connectivity index (χ0n) is 13.4. The van der Waals surface area contributed by atoms with E-state index in [1.807, 2.05) is 0 Å². The summed E-state index contributed by atoms with van der Waals surface area (Å²) >= 11 is 0. The second-order valence-electron chi connectivity index (χ2n) is 5.23. The van der Waals surface area contributed by atoms with Gasteiger partial charge in [-0.05, 0) is 24.3 Å². The third-order valence-electron chi connectivity index (χ3n) is 3.71. The van der Waals surface area contributed by atoms with Crippen LogP contribution < -0.4 is 4.74 Å². The van der Waals surface area contributed by atoms with Gasteiger partial charge in [0.2, 0.25) is 16.1 Å². The number of rotatable bonds is 5. The molecule has 138 valence electrons. The molecule has 1 heterocycles. The number of hydrogen-bond acceptors (Lipinski definition) is 4. The van der Waals surface area contributed by atoms with E-state index in [9.17, 15) is 26.4 Å². The zero-order valence-corrected chi connectivity index (χ0v) is 14.2. The Bertz CT molecular complexity index is 813. The highest BCUT2D eigenvalue weighted by Crippen LogP contribution is 2.38. The number of halogens is 3. The van der Waals surface area contributed by atoms with E-state index in [-0.39, 0.29) is 29.3 Å². The molecule has 0 saturated carbocycles. The fourth-order valence-electron chi connectivity index (χ4n) is 2.47. The second kappa shape index (κ2) is 6.68. The van der Waals surface area contributed by atoms with Crippen LogP contribution in [0.2, 0.25) is 0 Å². The first-order chi connectivity index (χ1) is 11.5. The van der Waals surface area contributed by atoms with Gasteiger partial charge >= 0.3 is 12.1 Å². The van der Waals surface area contributed by atoms with E-state index in [1.165, 1.54) is 4.31 Å². The molecule has 1 aliphatic rings. The molecule has 0 aliphatic carbocycles. The molecule has 1 aromatic carbocycles. The van der Waals surface area contributed by atoms with Crippen LogP contribution in [0.5, 0.6) is 5.75 Å². The fraction of sp³-hybridized carbons (Fsp3) is 0.400. The number of alkyl halides is 3. The lowest BCUT2D eigenvalue weighted by molar-refractivity contribution is -0.187. The number of ether oxygens (including phenoxy) is 1. The fourth-order valence-corrected chi connectivity index (χ4v) is 3.96. The van der Waals surface area contributed by atoms with Crippen LogP contribution >= 0.6 is 0 Å². The molecule has 1 N–H and O–H groups in total. The van der Waals surface area contributed by atoms with Gasteiger partial charge in [-0.15, -0.1) is 0 Å². The molecule has 0 bridgehead atoms. The Kier molecular flexibility index (Phi) is 5.14. The number of carbonyl (C=O) groups is 1. The predicted octanol–water partition coefficient (Wildman–Crippen LogP) is 2.51. The molecule has 10 heteroatoms. The van der Waals surface area contributed by atoms with Crippen molar-refractivity contribution in [2.75, 3.05) is 13.1 Å². The van der Waals surface area contributed by atoms with Gasteiger partial charge < -0.3 is 9.84 Å². The van der Waals surface area contributed by atoms with Gasteiger partial charge in [0.1, 0.15) is 5.75 Å². The van der Waals surface area contributed by atoms with Gasteiger partial charge in [-0.2, -0.15) is 17.5 Å². The molecule has 1 aliphatic heterocycles. The van der Waals surface area contributed by atoms with Crippen LogP contribution in [0.3, 0.4) is 0 Å². The van der Waals surface area contributed by atoms with Crippen molar-refractivity contribution in [3.8, 4) is 5.75 Å². The van der Waals surface area contributed by atoms with E-state index in [2.05, 4.69) is 0 Å². The summed E-state index contributed by atoms with van der Waals surface area (Å²) in [5.41, 5.74) is -1.04. The summed E-state index contributed by atoms with van der Waals surface area (Å²) in [4.78, 5) is 11.0. The minimum Gasteiger partial charge on any atom is -0.478 e. The number of sulfonamides is 1. The highest BCUT2D eigenvalue weighted by Gasteiger charge is 2.48. The van der Waals surface area contributed by atoms with E-state index in [0.717, 1.165) is 24.3 Å². The largest absolute Gasteiger partial charge is 0.478 e. The van der Waals surface area contributed by atoms with Gasteiger partial charge in [-0.25, -0.2) is 13.2 Å². The van der Waals surface area contributed by atoms with Crippen LogP contribution in [-0.2, 0) is 14.8 Å². The Hall–Kier alpha value is -2.07. The predicted molar refractivity (Wildman–Crippen MR) is 82.6 cm³/mol. The van der Waals surface area contributed by atoms with Gasteiger partial charge in [-0.3, -0.25) is 0 Å². The maximum atomic E-state index is 13.0. The van der Waals surface area contributed by atoms with Crippen LogP contribution in [-0.4, -0.2) is 49.2 Å². The Morgan fingerprint density at radius 1 is 1.28 bits per heavy atom. The lowest BCUT2D eigenvalue weighted by atomic mass is 10.0. The molecule has 0 fully saturated rings. The van der Waals surface area contributed by atoms with Gasteiger partial charge in [0.25, 0.3) is 0 Å². The number of carboxylic acids is 1. The van der Waals surface area contributed by atoms with E-state index in [4.69, 9.17) is 9.84 Å². The van der Waals surface area contributed by atoms with Crippen molar-refractivity contribution in [1.82, 2.24) is 4.31 Å². The maximum absolute atomic E-state index is 13.0. The SMILES string of the molecule is CCN(CC)S(=O)(=O)c1ccc2c(c1)C=C(C(=O)O)[C@@H](C(F)(F)F)O2. The molecule has 0 saturated heterocycles. The van der Waals surface area contributed by atoms with Gasteiger partial charge in [0, 0.05) is 18.7 Å². The Morgan fingerprint density at radius 2 is 1.88 bits per heavy atom. The molecule has 6 nitrogen and oxygen atoms in total. The molecular weight excluding hydrogens is 363 g/mol. The van der Waals surface area contributed by atoms with E-state index in [1.54, 1.807) is 13.8 Å². The van der Waals surface area contributed by atoms with Crippen molar-refractivity contribution in [3.63, 3.8) is 0 Å². The van der Waals surface area contributed by atoms with Crippen molar-refractivity contribution in [1.29, 1.82) is 0 Å². The van der Waals surface area contributed by atoms with E-state index < -0.39 is 33.8 Å². The molecule has 2 rings (SSSR count). The smallest absolute Gasteiger partial charge is 0.430 e. The first kappa shape index (κ1) is 19.3. The summed E-state index contributed by atoms with van der Waals surface area (Å²) in [7, 11) is -3.84. The topological polar surface area (TPSA) is 83.9 Å². The number of carboxylic acid groups (broad SMARTS) is 1. The average Bonchev–Trinajstić information content (AvgIpc) is 2.53. The minimum atomic E-state index is -4.91. The van der Waals surface area contributed by atoms with E-state index in [0.29, 0.717) is 0 Å². The molecule has 0 spiro atoms. The Morgan fingerprint density at radius 3 is 2.36 bits per heavy atom. The summed E-state index contributed by atoms with van der Waals surface area (Å²) in [6.07, 6.45) is -6.73. The summed E-state index contributed by atoms with van der Waals surface area (Å²) in [6, 6.07) is 3.34. The zero-order chi connectivity index (χ0) is 19.0. The van der Waals surface area contributed by atoms with Crippen molar-refractivity contribution < 1.29 is 36.2 Å². The molecule has 1 atom stereocenters. The van der Waals surface area contributed by atoms with Crippen molar-refractivity contribution in [3.05, 3.63) is 29.3 Å². The number of fused-ring (bicyclic) bond motifs is 1. The molecular formula is C15H16F3NO5S. The minimum absolute atomic E-state index is 0.0360. The number of nitrogens with zero attached hydrogens (tertiary/aromatic N) is 1. The van der Waals surface area contributed by atoms with Crippen molar-refractivity contribution in [2.45, 2.75) is 31.0 Å². The van der Waals surface area contributed by atoms with Crippen molar-refractivity contribution >= 4 is 22.1 Å². The van der Waals surface area contributed by atoms with Crippen molar-refractivity contribution in [2.24, 2.45) is 0 Å². The summed E-state index contributed by atoms with van der Waals surface area (Å²) in [5.74, 6) is -2.02. The van der Waals surface area contributed by atoms with Crippen LogP contribution in [0.4, 0.5) is 13.2 Å². The third-order valence-corrected chi connectivity index (χ3v) is 5.75. The van der Waals surface area contributed by atoms with Crippen LogP contribution in [0, 0.1) is 0 Å². The number of aliphatic carboxylic acids is 1. The molecule has 1 aromatic rings. The highest BCUT2D eigenvalue weighted by atomic mass is 32.2. The van der Waals surface area contributed by atoms with Gasteiger partial charge in [-0.1, -0.05) is 13.8 Å². The Balaban J connectivity index is 2.55. The second-order valence-corrected chi connectivity index (χ2v) is 7.17. The summed E-state index contributed by atoms with van der Waals surface area (Å²) in [5, 5.41) is 9.02. The Labute approximate surface area is 142 Å².